The van der Waals surface area contributed by atoms with Crippen molar-refractivity contribution < 1.29 is 13.5 Å². The largest absolute Gasteiger partial charge is 0.391 e. The third kappa shape index (κ3) is 3.20. The molecule has 0 bridgehead atoms. The first-order valence-corrected chi connectivity index (χ1v) is 8.46. The normalized spacial score (nSPS) is 39.8. The lowest BCUT2D eigenvalue weighted by Gasteiger charge is -2.40. The second kappa shape index (κ2) is 5.24. The Bertz CT molecular complexity index is 355. The Hall–Kier alpha value is -0.130. The Morgan fingerprint density at radius 2 is 1.88 bits per heavy atom. The lowest BCUT2D eigenvalue weighted by atomic mass is 10.0. The van der Waals surface area contributed by atoms with Gasteiger partial charge in [0.05, 0.1) is 17.6 Å². The predicted octanol–water partition coefficient (Wildman–Crippen LogP) is 0.799. The summed E-state index contributed by atoms with van der Waals surface area (Å²) in [4.78, 5) is 2.22. The van der Waals surface area contributed by atoms with Gasteiger partial charge in [-0.2, -0.15) is 0 Å². The molecule has 2 rings (SSSR count). The number of aliphatic hydroxyl groups excluding tert-OH is 1. The fourth-order valence-electron chi connectivity index (χ4n) is 3.16. The average molecular weight is 261 g/mol. The van der Waals surface area contributed by atoms with E-state index in [4.69, 9.17) is 0 Å². The zero-order valence-corrected chi connectivity index (χ0v) is 11.3. The van der Waals surface area contributed by atoms with Crippen molar-refractivity contribution in [2.45, 2.75) is 57.2 Å². The van der Waals surface area contributed by atoms with E-state index >= 15 is 0 Å². The number of hydrogen-bond acceptors (Lipinski definition) is 4. The molecule has 1 aliphatic heterocycles. The van der Waals surface area contributed by atoms with E-state index in [0.29, 0.717) is 6.54 Å². The van der Waals surface area contributed by atoms with Gasteiger partial charge in [0.15, 0.2) is 9.84 Å². The second-order valence-corrected chi connectivity index (χ2v) is 7.70. The van der Waals surface area contributed by atoms with Crippen LogP contribution in [0.5, 0.6) is 0 Å². The van der Waals surface area contributed by atoms with Gasteiger partial charge in [-0.15, -0.1) is 0 Å². The quantitative estimate of drug-likeness (QED) is 0.709. The van der Waals surface area contributed by atoms with Crippen LogP contribution in [0, 0.1) is 0 Å². The molecule has 0 radical (unpaired) electrons. The van der Waals surface area contributed by atoms with Crippen LogP contribution >= 0.6 is 0 Å². The van der Waals surface area contributed by atoms with E-state index in [2.05, 4.69) is 4.90 Å². The summed E-state index contributed by atoms with van der Waals surface area (Å²) >= 11 is 0. The molecule has 1 aliphatic carbocycles. The Labute approximate surface area is 104 Å². The molecule has 17 heavy (non-hydrogen) atoms. The third-order valence-electron chi connectivity index (χ3n) is 4.09. The van der Waals surface area contributed by atoms with E-state index in [1.54, 1.807) is 0 Å². The van der Waals surface area contributed by atoms with Gasteiger partial charge in [-0.25, -0.2) is 8.42 Å². The summed E-state index contributed by atoms with van der Waals surface area (Å²) in [5.74, 6) is 0.497. The summed E-state index contributed by atoms with van der Waals surface area (Å²) in [6.07, 6.45) is 5.02. The molecular weight excluding hydrogens is 238 g/mol. The van der Waals surface area contributed by atoms with Gasteiger partial charge in [-0.1, -0.05) is 19.3 Å². The fourth-order valence-corrected chi connectivity index (χ4v) is 4.74. The van der Waals surface area contributed by atoms with E-state index in [9.17, 15) is 13.5 Å². The highest BCUT2D eigenvalue weighted by atomic mass is 32.2. The number of rotatable bonds is 1. The lowest BCUT2D eigenvalue weighted by molar-refractivity contribution is 0.0291. The summed E-state index contributed by atoms with van der Waals surface area (Å²) in [6.45, 7) is 2.56. The van der Waals surface area contributed by atoms with Crippen LogP contribution < -0.4 is 0 Å². The highest BCUT2D eigenvalue weighted by Gasteiger charge is 2.35. The molecule has 0 amide bonds. The summed E-state index contributed by atoms with van der Waals surface area (Å²) in [6, 6.07) is 0.217. The number of hydrogen-bond donors (Lipinski definition) is 1. The Morgan fingerprint density at radius 1 is 1.18 bits per heavy atom. The molecule has 3 atom stereocenters. The Morgan fingerprint density at radius 3 is 2.59 bits per heavy atom. The molecule has 4 nitrogen and oxygen atoms in total. The summed E-state index contributed by atoms with van der Waals surface area (Å²) in [5.41, 5.74) is 0. The zero-order valence-electron chi connectivity index (χ0n) is 10.5. The Kier molecular flexibility index (Phi) is 4.10. The first kappa shape index (κ1) is 13.3. The molecule has 2 fully saturated rings. The van der Waals surface area contributed by atoms with E-state index in [1.807, 2.05) is 6.92 Å². The van der Waals surface area contributed by atoms with Crippen molar-refractivity contribution in [3.8, 4) is 0 Å². The topological polar surface area (TPSA) is 57.6 Å². The average Bonchev–Trinajstić information content (AvgIpc) is 2.42. The van der Waals surface area contributed by atoms with Crippen LogP contribution in [-0.4, -0.2) is 54.7 Å². The van der Waals surface area contributed by atoms with E-state index in [1.165, 1.54) is 6.42 Å². The second-order valence-electron chi connectivity index (χ2n) is 5.47. The number of aliphatic hydroxyl groups is 1. The molecule has 2 aliphatic rings. The van der Waals surface area contributed by atoms with Crippen molar-refractivity contribution in [2.75, 3.05) is 18.1 Å². The molecule has 0 aromatic heterocycles. The van der Waals surface area contributed by atoms with Crippen molar-refractivity contribution in [3.05, 3.63) is 0 Å². The predicted molar refractivity (Wildman–Crippen MR) is 67.7 cm³/mol. The minimum absolute atomic E-state index is 0.0477. The summed E-state index contributed by atoms with van der Waals surface area (Å²) < 4.78 is 23.1. The smallest absolute Gasteiger partial charge is 0.153 e. The van der Waals surface area contributed by atoms with Crippen LogP contribution in [0.25, 0.3) is 0 Å². The van der Waals surface area contributed by atoms with Gasteiger partial charge in [-0.05, 0) is 19.8 Å². The molecule has 100 valence electrons. The maximum Gasteiger partial charge on any atom is 0.153 e. The molecular formula is C12H23NO3S. The maximum atomic E-state index is 11.5. The SMILES string of the molecule is CC1CS(=O)(=O)CCN1C1CCCCCC1O. The third-order valence-corrected chi connectivity index (χ3v) is 5.89. The summed E-state index contributed by atoms with van der Waals surface area (Å²) in [7, 11) is -2.85. The van der Waals surface area contributed by atoms with Gasteiger partial charge in [-0.3, -0.25) is 4.90 Å². The minimum atomic E-state index is -2.85. The number of nitrogens with zero attached hydrogens (tertiary/aromatic N) is 1. The van der Waals surface area contributed by atoms with Gasteiger partial charge < -0.3 is 5.11 Å². The highest BCUT2D eigenvalue weighted by molar-refractivity contribution is 7.91. The molecule has 1 saturated carbocycles. The van der Waals surface area contributed by atoms with Crippen molar-refractivity contribution >= 4 is 9.84 Å². The molecule has 3 unspecified atom stereocenters. The molecule has 0 spiro atoms. The van der Waals surface area contributed by atoms with Crippen LogP contribution in [0.1, 0.15) is 39.0 Å². The van der Waals surface area contributed by atoms with Gasteiger partial charge in [0.2, 0.25) is 0 Å². The van der Waals surface area contributed by atoms with Crippen LogP contribution in [-0.2, 0) is 9.84 Å². The van der Waals surface area contributed by atoms with Crippen molar-refractivity contribution in [2.24, 2.45) is 0 Å². The lowest BCUT2D eigenvalue weighted by Crippen LogP contribution is -2.55. The maximum absolute atomic E-state index is 11.5. The van der Waals surface area contributed by atoms with Crippen molar-refractivity contribution in [3.63, 3.8) is 0 Å². The Balaban J connectivity index is 2.06. The van der Waals surface area contributed by atoms with E-state index in [0.717, 1.165) is 25.7 Å². The molecule has 5 heteroatoms. The van der Waals surface area contributed by atoms with Gasteiger partial charge in [0, 0.05) is 18.6 Å². The van der Waals surface area contributed by atoms with E-state index < -0.39 is 9.84 Å². The molecule has 0 aromatic carbocycles. The van der Waals surface area contributed by atoms with Crippen LogP contribution in [0.3, 0.4) is 0 Å². The molecule has 0 aromatic rings. The monoisotopic (exact) mass is 261 g/mol. The zero-order chi connectivity index (χ0) is 12.5. The first-order chi connectivity index (χ1) is 7.99. The van der Waals surface area contributed by atoms with Crippen molar-refractivity contribution in [1.82, 2.24) is 4.90 Å². The number of sulfone groups is 1. The van der Waals surface area contributed by atoms with Crippen molar-refractivity contribution in [1.29, 1.82) is 0 Å². The van der Waals surface area contributed by atoms with Crippen LogP contribution in [0.2, 0.25) is 0 Å². The van der Waals surface area contributed by atoms with Crippen LogP contribution in [0.15, 0.2) is 0 Å². The van der Waals surface area contributed by atoms with Gasteiger partial charge in [0.1, 0.15) is 0 Å². The van der Waals surface area contributed by atoms with E-state index in [-0.39, 0.29) is 29.7 Å². The molecule has 1 heterocycles. The highest BCUT2D eigenvalue weighted by Crippen LogP contribution is 2.26. The van der Waals surface area contributed by atoms with Gasteiger partial charge in [0.25, 0.3) is 0 Å². The molecule has 1 N–H and O–H groups in total. The fraction of sp³-hybridized carbons (Fsp3) is 1.00. The minimum Gasteiger partial charge on any atom is -0.391 e. The summed E-state index contributed by atoms with van der Waals surface area (Å²) in [5, 5.41) is 10.2. The first-order valence-electron chi connectivity index (χ1n) is 6.64. The van der Waals surface area contributed by atoms with Gasteiger partial charge >= 0.3 is 0 Å². The van der Waals surface area contributed by atoms with Crippen LogP contribution in [0.4, 0.5) is 0 Å². The standard InChI is InChI=1S/C12H23NO3S/c1-10-9-17(15,16)8-7-13(10)11-5-3-2-4-6-12(11)14/h10-12,14H,2-9H2,1H3. The molecule has 1 saturated heterocycles.